The van der Waals surface area contributed by atoms with Crippen molar-refractivity contribution < 1.29 is 0 Å². The Morgan fingerprint density at radius 2 is 1.76 bits per heavy atom. The Morgan fingerprint density at radius 3 is 2.29 bits per heavy atom. The summed E-state index contributed by atoms with van der Waals surface area (Å²) in [6.45, 7) is 12.7. The lowest BCUT2D eigenvalue weighted by atomic mass is 9.98. The fourth-order valence-electron chi connectivity index (χ4n) is 3.04. The molecule has 0 aliphatic carbocycles. The molecule has 0 aliphatic rings. The lowest BCUT2D eigenvalue weighted by Crippen LogP contribution is -2.32. The molecule has 1 atom stereocenters. The Morgan fingerprint density at radius 1 is 1.10 bits per heavy atom. The van der Waals surface area contributed by atoms with E-state index < -0.39 is 0 Å². The minimum Gasteiger partial charge on any atom is -0.313 e. The van der Waals surface area contributed by atoms with Gasteiger partial charge in [-0.2, -0.15) is 0 Å². The summed E-state index contributed by atoms with van der Waals surface area (Å²) < 4.78 is 0. The molecule has 0 heterocycles. The highest BCUT2D eigenvalue weighted by atomic mass is 15.1. The first-order valence-corrected chi connectivity index (χ1v) is 8.61. The Kier molecular flexibility index (Phi) is 8.63. The molecule has 2 nitrogen and oxygen atoms in total. The van der Waals surface area contributed by atoms with E-state index >= 15 is 0 Å². The largest absolute Gasteiger partial charge is 0.313 e. The van der Waals surface area contributed by atoms with E-state index in [9.17, 15) is 0 Å². The zero-order valence-electron chi connectivity index (χ0n) is 14.7. The molecule has 1 unspecified atom stereocenters. The molecule has 0 radical (unpaired) electrons. The van der Waals surface area contributed by atoms with E-state index in [0.717, 1.165) is 12.5 Å². The third kappa shape index (κ3) is 5.80. The lowest BCUT2D eigenvalue weighted by Gasteiger charge is -2.27. The van der Waals surface area contributed by atoms with Crippen molar-refractivity contribution in [3.63, 3.8) is 0 Å². The van der Waals surface area contributed by atoms with Crippen molar-refractivity contribution in [2.45, 2.75) is 53.0 Å². The van der Waals surface area contributed by atoms with Crippen LogP contribution in [0.1, 0.15) is 57.2 Å². The van der Waals surface area contributed by atoms with Gasteiger partial charge in [0.25, 0.3) is 0 Å². The van der Waals surface area contributed by atoms with E-state index in [1.807, 2.05) is 0 Å². The molecule has 0 fully saturated rings. The van der Waals surface area contributed by atoms with Crippen LogP contribution >= 0.6 is 0 Å². The molecule has 0 bridgehead atoms. The van der Waals surface area contributed by atoms with Crippen molar-refractivity contribution in [3.8, 4) is 0 Å². The summed E-state index contributed by atoms with van der Waals surface area (Å²) in [4.78, 5) is 2.61. The molecule has 1 rings (SSSR count). The zero-order chi connectivity index (χ0) is 15.7. The smallest absolute Gasteiger partial charge is 0.0332 e. The van der Waals surface area contributed by atoms with E-state index in [0.29, 0.717) is 6.04 Å². The third-order valence-corrected chi connectivity index (χ3v) is 4.76. The highest BCUT2D eigenvalue weighted by Gasteiger charge is 2.15. The molecule has 120 valence electrons. The first-order chi connectivity index (χ1) is 10.2. The van der Waals surface area contributed by atoms with Crippen molar-refractivity contribution in [1.82, 2.24) is 10.2 Å². The van der Waals surface area contributed by atoms with E-state index in [2.05, 4.69) is 69.2 Å². The molecule has 0 amide bonds. The van der Waals surface area contributed by atoms with E-state index in [4.69, 9.17) is 0 Å². The van der Waals surface area contributed by atoms with Crippen molar-refractivity contribution in [2.24, 2.45) is 5.92 Å². The van der Waals surface area contributed by atoms with Crippen LogP contribution in [0.2, 0.25) is 0 Å². The molecule has 0 saturated carbocycles. The van der Waals surface area contributed by atoms with Gasteiger partial charge in [-0.15, -0.1) is 0 Å². The Bertz CT molecular complexity index is 385. The Hall–Kier alpha value is -0.860. The van der Waals surface area contributed by atoms with Gasteiger partial charge in [0.05, 0.1) is 0 Å². The van der Waals surface area contributed by atoms with Crippen LogP contribution in [-0.4, -0.2) is 31.6 Å². The first kappa shape index (κ1) is 18.2. The van der Waals surface area contributed by atoms with Gasteiger partial charge >= 0.3 is 0 Å². The van der Waals surface area contributed by atoms with Crippen LogP contribution in [-0.2, 0) is 0 Å². The van der Waals surface area contributed by atoms with Gasteiger partial charge in [0.2, 0.25) is 0 Å². The number of nitrogens with one attached hydrogen (secondary N) is 1. The van der Waals surface area contributed by atoms with Crippen molar-refractivity contribution in [3.05, 3.63) is 35.4 Å². The van der Waals surface area contributed by atoms with Gasteiger partial charge in [0.15, 0.2) is 0 Å². The highest BCUT2D eigenvalue weighted by Crippen LogP contribution is 2.21. The number of benzene rings is 1. The Labute approximate surface area is 131 Å². The van der Waals surface area contributed by atoms with Crippen molar-refractivity contribution >= 4 is 0 Å². The fraction of sp³-hybridized carbons (Fsp3) is 0.684. The zero-order valence-corrected chi connectivity index (χ0v) is 14.7. The monoisotopic (exact) mass is 290 g/mol. The molecular weight excluding hydrogens is 256 g/mol. The molecule has 0 saturated heterocycles. The standard InChI is InChI=1S/C19H34N2/c1-6-17(7-2)15-21(8-3)14-13-19(20-5)18-12-10-9-11-16(18)4/h9-12,17,19-20H,6-8,13-15H2,1-5H3. The van der Waals surface area contributed by atoms with Gasteiger partial charge in [0, 0.05) is 12.6 Å². The van der Waals surface area contributed by atoms with Gasteiger partial charge < -0.3 is 10.2 Å². The van der Waals surface area contributed by atoms with Gasteiger partial charge in [-0.3, -0.25) is 0 Å². The molecule has 21 heavy (non-hydrogen) atoms. The van der Waals surface area contributed by atoms with Crippen LogP contribution in [0, 0.1) is 12.8 Å². The average molecular weight is 290 g/mol. The Balaban J connectivity index is 2.59. The predicted molar refractivity (Wildman–Crippen MR) is 93.8 cm³/mol. The summed E-state index contributed by atoms with van der Waals surface area (Å²) in [5.74, 6) is 0.844. The van der Waals surface area contributed by atoms with Crippen molar-refractivity contribution in [2.75, 3.05) is 26.7 Å². The number of hydrogen-bond acceptors (Lipinski definition) is 2. The summed E-state index contributed by atoms with van der Waals surface area (Å²) in [6.07, 6.45) is 3.76. The third-order valence-electron chi connectivity index (χ3n) is 4.76. The second-order valence-corrected chi connectivity index (χ2v) is 6.06. The molecule has 1 aromatic carbocycles. The molecular formula is C19H34N2. The first-order valence-electron chi connectivity index (χ1n) is 8.61. The van der Waals surface area contributed by atoms with Gasteiger partial charge in [-0.05, 0) is 50.5 Å². The summed E-state index contributed by atoms with van der Waals surface area (Å²) >= 11 is 0. The summed E-state index contributed by atoms with van der Waals surface area (Å²) in [6, 6.07) is 9.20. The summed E-state index contributed by atoms with van der Waals surface area (Å²) in [7, 11) is 2.08. The van der Waals surface area contributed by atoms with E-state index in [1.54, 1.807) is 0 Å². The molecule has 1 aromatic rings. The maximum absolute atomic E-state index is 3.49. The second kappa shape index (κ2) is 9.97. The maximum atomic E-state index is 3.49. The summed E-state index contributed by atoms with van der Waals surface area (Å²) in [5, 5.41) is 3.49. The summed E-state index contributed by atoms with van der Waals surface area (Å²) in [5.41, 5.74) is 2.83. The second-order valence-electron chi connectivity index (χ2n) is 6.06. The van der Waals surface area contributed by atoms with Crippen LogP contribution < -0.4 is 5.32 Å². The normalized spacial score (nSPS) is 13.1. The molecule has 0 aromatic heterocycles. The number of nitrogens with zero attached hydrogens (tertiary/aromatic N) is 1. The van der Waals surface area contributed by atoms with Crippen LogP contribution in [0.15, 0.2) is 24.3 Å². The number of aryl methyl sites for hydroxylation is 1. The van der Waals surface area contributed by atoms with Crippen LogP contribution in [0.25, 0.3) is 0 Å². The maximum Gasteiger partial charge on any atom is 0.0332 e. The number of rotatable bonds is 10. The topological polar surface area (TPSA) is 15.3 Å². The van der Waals surface area contributed by atoms with Crippen LogP contribution in [0.4, 0.5) is 0 Å². The molecule has 0 spiro atoms. The highest BCUT2D eigenvalue weighted by molar-refractivity contribution is 5.28. The van der Waals surface area contributed by atoms with Crippen molar-refractivity contribution in [1.29, 1.82) is 0 Å². The van der Waals surface area contributed by atoms with Gasteiger partial charge in [-0.25, -0.2) is 0 Å². The lowest BCUT2D eigenvalue weighted by molar-refractivity contribution is 0.223. The molecule has 0 aliphatic heterocycles. The SMILES string of the molecule is CCC(CC)CN(CC)CCC(NC)c1ccccc1C. The minimum atomic E-state index is 0.460. The molecule has 1 N–H and O–H groups in total. The minimum absolute atomic E-state index is 0.460. The fourth-order valence-corrected chi connectivity index (χ4v) is 3.04. The predicted octanol–water partition coefficient (Wildman–Crippen LogP) is 4.40. The molecule has 2 heteroatoms. The van der Waals surface area contributed by atoms with E-state index in [-0.39, 0.29) is 0 Å². The van der Waals surface area contributed by atoms with Crippen LogP contribution in [0.3, 0.4) is 0 Å². The number of hydrogen-bond donors (Lipinski definition) is 1. The van der Waals surface area contributed by atoms with E-state index in [1.165, 1.54) is 43.5 Å². The quantitative estimate of drug-likeness (QED) is 0.687. The van der Waals surface area contributed by atoms with Crippen LogP contribution in [0.5, 0.6) is 0 Å². The van der Waals surface area contributed by atoms with Gasteiger partial charge in [0.1, 0.15) is 0 Å². The average Bonchev–Trinajstić information content (AvgIpc) is 2.52. The van der Waals surface area contributed by atoms with Gasteiger partial charge in [-0.1, -0.05) is 57.9 Å².